The van der Waals surface area contributed by atoms with Crippen LogP contribution in [0.25, 0.3) is 0 Å². The minimum Gasteiger partial charge on any atom is -0.305 e. The maximum atomic E-state index is 13.4. The predicted molar refractivity (Wildman–Crippen MR) is 56.9 cm³/mol. The van der Waals surface area contributed by atoms with Crippen LogP contribution in [0.4, 0.5) is 8.78 Å². The molecule has 0 bridgehead atoms. The molecule has 0 aliphatic heterocycles. The summed E-state index contributed by atoms with van der Waals surface area (Å²) in [5.41, 5.74) is 0. The highest BCUT2D eigenvalue weighted by Crippen LogP contribution is 2.48. The van der Waals surface area contributed by atoms with Crippen molar-refractivity contribution in [3.63, 3.8) is 0 Å². The van der Waals surface area contributed by atoms with E-state index in [1.807, 2.05) is 0 Å². The summed E-state index contributed by atoms with van der Waals surface area (Å²) in [6.07, 6.45) is 0. The van der Waals surface area contributed by atoms with Crippen LogP contribution in [0, 0.1) is 11.6 Å². The third kappa shape index (κ3) is 2.67. The molecule has 0 heterocycles. The smallest absolute Gasteiger partial charge is 0.305 e. The van der Waals surface area contributed by atoms with Crippen molar-refractivity contribution in [1.82, 2.24) is 0 Å². The second-order valence-electron chi connectivity index (χ2n) is 2.90. The number of rotatable bonds is 5. The number of halogens is 2. The lowest BCUT2D eigenvalue weighted by atomic mass is 10.3. The van der Waals surface area contributed by atoms with Crippen LogP contribution in [0.1, 0.15) is 13.8 Å². The first-order valence-corrected chi connectivity index (χ1v) is 6.43. The third-order valence-electron chi connectivity index (χ3n) is 1.81. The van der Waals surface area contributed by atoms with Crippen molar-refractivity contribution in [2.45, 2.75) is 13.8 Å². The summed E-state index contributed by atoms with van der Waals surface area (Å²) in [6, 6.07) is 3.22. The molecule has 0 unspecified atom stereocenters. The van der Waals surface area contributed by atoms with E-state index >= 15 is 0 Å². The molecule has 1 rings (SSSR count). The van der Waals surface area contributed by atoms with Gasteiger partial charge in [0.25, 0.3) is 0 Å². The zero-order chi connectivity index (χ0) is 12.2. The molecule has 1 aromatic rings. The second kappa shape index (κ2) is 5.53. The van der Waals surface area contributed by atoms with Crippen LogP contribution in [0.3, 0.4) is 0 Å². The Hall–Kier alpha value is -0.770. The van der Waals surface area contributed by atoms with Crippen LogP contribution in [-0.2, 0) is 13.6 Å². The van der Waals surface area contributed by atoms with Gasteiger partial charge in [-0.25, -0.2) is 8.78 Å². The highest BCUT2D eigenvalue weighted by atomic mass is 31.2. The molecule has 6 heteroatoms. The molecule has 0 saturated carbocycles. The van der Waals surface area contributed by atoms with Crippen molar-refractivity contribution < 1.29 is 22.4 Å². The molecule has 16 heavy (non-hydrogen) atoms. The van der Waals surface area contributed by atoms with Gasteiger partial charge in [-0.3, -0.25) is 4.57 Å². The summed E-state index contributed by atoms with van der Waals surface area (Å²) in [5, 5.41) is -0.626. The first-order valence-electron chi connectivity index (χ1n) is 4.88. The molecular weight excluding hydrogens is 237 g/mol. The molecule has 0 spiro atoms. The molecule has 0 aliphatic carbocycles. The van der Waals surface area contributed by atoms with Gasteiger partial charge in [0.2, 0.25) is 0 Å². The first kappa shape index (κ1) is 13.3. The lowest BCUT2D eigenvalue weighted by molar-refractivity contribution is 0.228. The van der Waals surface area contributed by atoms with Crippen molar-refractivity contribution in [2.24, 2.45) is 0 Å². The van der Waals surface area contributed by atoms with E-state index in [1.54, 1.807) is 13.8 Å². The van der Waals surface area contributed by atoms with E-state index in [0.29, 0.717) is 0 Å². The Kier molecular flexibility index (Phi) is 4.59. The number of benzene rings is 1. The standard InChI is InChI=1S/C10H13F2O3P/c1-3-14-16(13,15-4-2)10-8(11)6-5-7-9(10)12/h5-7H,3-4H2,1-2H3. The molecule has 0 atom stereocenters. The quantitative estimate of drug-likeness (QED) is 0.754. The predicted octanol–water partition coefficient (Wildman–Crippen LogP) is 2.86. The highest BCUT2D eigenvalue weighted by Gasteiger charge is 2.33. The van der Waals surface area contributed by atoms with Gasteiger partial charge in [-0.2, -0.15) is 0 Å². The monoisotopic (exact) mass is 250 g/mol. The fourth-order valence-electron chi connectivity index (χ4n) is 1.26. The lowest BCUT2D eigenvalue weighted by Gasteiger charge is -2.17. The summed E-state index contributed by atoms with van der Waals surface area (Å²) in [5.74, 6) is -1.85. The highest BCUT2D eigenvalue weighted by molar-refractivity contribution is 7.62. The van der Waals surface area contributed by atoms with Crippen LogP contribution in [-0.4, -0.2) is 13.2 Å². The van der Waals surface area contributed by atoms with E-state index in [-0.39, 0.29) is 13.2 Å². The van der Waals surface area contributed by atoms with Crippen LogP contribution in [0.5, 0.6) is 0 Å². The van der Waals surface area contributed by atoms with E-state index in [0.717, 1.165) is 12.1 Å². The zero-order valence-corrected chi connectivity index (χ0v) is 9.97. The van der Waals surface area contributed by atoms with E-state index < -0.39 is 24.5 Å². The summed E-state index contributed by atoms with van der Waals surface area (Å²) < 4.78 is 48.7. The Morgan fingerprint density at radius 3 is 1.94 bits per heavy atom. The average molecular weight is 250 g/mol. The third-order valence-corrected chi connectivity index (χ3v) is 3.98. The van der Waals surface area contributed by atoms with Gasteiger partial charge < -0.3 is 9.05 Å². The van der Waals surface area contributed by atoms with Gasteiger partial charge >= 0.3 is 7.60 Å². The van der Waals surface area contributed by atoms with Gasteiger partial charge in [-0.05, 0) is 26.0 Å². The van der Waals surface area contributed by atoms with E-state index in [1.165, 1.54) is 6.07 Å². The topological polar surface area (TPSA) is 35.5 Å². The number of hydrogen-bond donors (Lipinski definition) is 0. The largest absolute Gasteiger partial charge is 0.367 e. The molecule has 0 N–H and O–H groups in total. The normalized spacial score (nSPS) is 11.8. The van der Waals surface area contributed by atoms with Gasteiger partial charge in [-0.15, -0.1) is 0 Å². The molecule has 0 saturated heterocycles. The molecule has 0 aliphatic rings. The SMILES string of the molecule is CCOP(=O)(OCC)c1c(F)cccc1F. The van der Waals surface area contributed by atoms with Crippen LogP contribution in [0.2, 0.25) is 0 Å². The van der Waals surface area contributed by atoms with Gasteiger partial charge in [0.05, 0.1) is 13.2 Å². The molecule has 0 aromatic heterocycles. The van der Waals surface area contributed by atoms with Crippen LogP contribution in [0.15, 0.2) is 18.2 Å². The minimum absolute atomic E-state index is 0.0467. The molecule has 0 fully saturated rings. The van der Waals surface area contributed by atoms with E-state index in [9.17, 15) is 13.3 Å². The molecule has 1 aromatic carbocycles. The molecule has 0 radical (unpaired) electrons. The van der Waals surface area contributed by atoms with Gasteiger partial charge in [0.1, 0.15) is 16.9 Å². The fourth-order valence-corrected chi connectivity index (χ4v) is 2.94. The number of hydrogen-bond acceptors (Lipinski definition) is 3. The van der Waals surface area contributed by atoms with Crippen molar-refractivity contribution in [3.8, 4) is 0 Å². The Morgan fingerprint density at radius 2 is 1.56 bits per heavy atom. The van der Waals surface area contributed by atoms with Gasteiger partial charge in [0, 0.05) is 0 Å². The van der Waals surface area contributed by atoms with Crippen LogP contribution >= 0.6 is 7.60 Å². The molecular formula is C10H13F2O3P. The van der Waals surface area contributed by atoms with Gasteiger partial charge in [0.15, 0.2) is 0 Å². The van der Waals surface area contributed by atoms with Crippen molar-refractivity contribution >= 4 is 12.9 Å². The zero-order valence-electron chi connectivity index (χ0n) is 9.07. The summed E-state index contributed by atoms with van der Waals surface area (Å²) in [6.45, 7) is 3.24. The van der Waals surface area contributed by atoms with Gasteiger partial charge in [-0.1, -0.05) is 6.07 Å². The maximum absolute atomic E-state index is 13.4. The van der Waals surface area contributed by atoms with Crippen molar-refractivity contribution in [1.29, 1.82) is 0 Å². The minimum atomic E-state index is -3.90. The Balaban J connectivity index is 3.26. The summed E-state index contributed by atoms with van der Waals surface area (Å²) in [7, 11) is -3.90. The molecule has 3 nitrogen and oxygen atoms in total. The average Bonchev–Trinajstić information content (AvgIpc) is 2.17. The Morgan fingerprint density at radius 1 is 1.12 bits per heavy atom. The Labute approximate surface area is 92.9 Å². The van der Waals surface area contributed by atoms with Crippen LogP contribution < -0.4 is 5.30 Å². The van der Waals surface area contributed by atoms with Crippen molar-refractivity contribution in [3.05, 3.63) is 29.8 Å². The molecule has 0 amide bonds. The van der Waals surface area contributed by atoms with E-state index in [4.69, 9.17) is 9.05 Å². The first-order chi connectivity index (χ1) is 7.55. The summed E-state index contributed by atoms with van der Waals surface area (Å²) in [4.78, 5) is 0. The summed E-state index contributed by atoms with van der Waals surface area (Å²) >= 11 is 0. The second-order valence-corrected chi connectivity index (χ2v) is 4.86. The van der Waals surface area contributed by atoms with E-state index in [2.05, 4.69) is 0 Å². The van der Waals surface area contributed by atoms with Crippen molar-refractivity contribution in [2.75, 3.05) is 13.2 Å². The maximum Gasteiger partial charge on any atom is 0.367 e. The fraction of sp³-hybridized carbons (Fsp3) is 0.400. The molecule has 90 valence electrons. The lowest BCUT2D eigenvalue weighted by Crippen LogP contribution is -2.18. The Bertz CT molecular complexity index is 379.